The van der Waals surface area contributed by atoms with Gasteiger partial charge in [0.25, 0.3) is 0 Å². The van der Waals surface area contributed by atoms with Gasteiger partial charge in [0.1, 0.15) is 0 Å². The molecule has 2 unspecified atom stereocenters. The Morgan fingerprint density at radius 1 is 0.905 bits per heavy atom. The Labute approximate surface area is 128 Å². The Hall–Kier alpha value is -1.60. The second kappa shape index (κ2) is 6.03. The lowest BCUT2D eigenvalue weighted by atomic mass is 9.74. The molecule has 1 heterocycles. The first-order chi connectivity index (χ1) is 10.2. The van der Waals surface area contributed by atoms with E-state index in [1.54, 1.807) is 5.56 Å². The first-order valence-electron chi connectivity index (χ1n) is 8.00. The molecule has 2 atom stereocenters. The summed E-state index contributed by atoms with van der Waals surface area (Å²) in [4.78, 5) is 0. The monoisotopic (exact) mass is 279 g/mol. The van der Waals surface area contributed by atoms with Gasteiger partial charge in [0.2, 0.25) is 0 Å². The number of piperidine rings is 1. The van der Waals surface area contributed by atoms with E-state index in [0.29, 0.717) is 11.8 Å². The first-order valence-corrected chi connectivity index (χ1v) is 8.00. The van der Waals surface area contributed by atoms with Crippen molar-refractivity contribution in [2.45, 2.75) is 39.0 Å². The van der Waals surface area contributed by atoms with Crippen molar-refractivity contribution in [2.75, 3.05) is 13.1 Å². The summed E-state index contributed by atoms with van der Waals surface area (Å²) in [5.74, 6) is 1.22. The van der Waals surface area contributed by atoms with Crippen molar-refractivity contribution in [3.8, 4) is 0 Å². The van der Waals surface area contributed by atoms with Crippen molar-refractivity contribution in [3.05, 3.63) is 70.3 Å². The van der Waals surface area contributed by atoms with Crippen molar-refractivity contribution in [1.82, 2.24) is 5.32 Å². The van der Waals surface area contributed by atoms with Crippen LogP contribution < -0.4 is 5.32 Å². The molecule has 0 spiro atoms. The molecule has 1 aliphatic heterocycles. The smallest absolute Gasteiger partial charge is 0.00329 e. The lowest BCUT2D eigenvalue weighted by Crippen LogP contribution is -2.34. The van der Waals surface area contributed by atoms with E-state index in [1.807, 2.05) is 0 Å². The number of aryl methyl sites for hydroxylation is 3. The molecule has 0 aliphatic carbocycles. The highest BCUT2D eigenvalue weighted by molar-refractivity contribution is 5.40. The van der Waals surface area contributed by atoms with Crippen LogP contribution in [0.4, 0.5) is 0 Å². The van der Waals surface area contributed by atoms with Gasteiger partial charge in [0, 0.05) is 12.5 Å². The maximum atomic E-state index is 3.59. The third-order valence-corrected chi connectivity index (χ3v) is 4.87. The molecule has 110 valence electrons. The van der Waals surface area contributed by atoms with Gasteiger partial charge in [0.15, 0.2) is 0 Å². The third kappa shape index (κ3) is 2.89. The fourth-order valence-electron chi connectivity index (χ4n) is 3.87. The number of rotatable bonds is 2. The molecule has 3 rings (SSSR count). The molecule has 2 aromatic rings. The molecule has 1 saturated heterocycles. The number of nitrogens with one attached hydrogen (secondary N) is 1. The van der Waals surface area contributed by atoms with Gasteiger partial charge in [-0.3, -0.25) is 0 Å². The molecule has 2 aromatic carbocycles. The average molecular weight is 279 g/mol. The highest BCUT2D eigenvalue weighted by Crippen LogP contribution is 2.40. The van der Waals surface area contributed by atoms with E-state index in [-0.39, 0.29) is 0 Å². The molecular formula is C20H25N. The predicted octanol–water partition coefficient (Wildman–Crippen LogP) is 4.47. The Balaban J connectivity index is 2.02. The van der Waals surface area contributed by atoms with Gasteiger partial charge < -0.3 is 5.32 Å². The summed E-state index contributed by atoms with van der Waals surface area (Å²) in [7, 11) is 0. The molecular weight excluding hydrogens is 254 g/mol. The van der Waals surface area contributed by atoms with Crippen LogP contribution in [0, 0.1) is 20.8 Å². The number of hydrogen-bond donors (Lipinski definition) is 1. The van der Waals surface area contributed by atoms with Crippen molar-refractivity contribution >= 4 is 0 Å². The van der Waals surface area contributed by atoms with E-state index in [9.17, 15) is 0 Å². The summed E-state index contributed by atoms with van der Waals surface area (Å²) in [5.41, 5.74) is 7.30. The van der Waals surface area contributed by atoms with Crippen molar-refractivity contribution in [1.29, 1.82) is 0 Å². The van der Waals surface area contributed by atoms with Crippen molar-refractivity contribution in [3.63, 3.8) is 0 Å². The maximum Gasteiger partial charge on any atom is 0.00329 e. The van der Waals surface area contributed by atoms with Crippen LogP contribution in [-0.4, -0.2) is 13.1 Å². The summed E-state index contributed by atoms with van der Waals surface area (Å²) in [6, 6.07) is 15.7. The van der Waals surface area contributed by atoms with Crippen LogP contribution in [0.5, 0.6) is 0 Å². The van der Waals surface area contributed by atoms with Crippen LogP contribution >= 0.6 is 0 Å². The summed E-state index contributed by atoms with van der Waals surface area (Å²) in [6.45, 7) is 8.92. The van der Waals surface area contributed by atoms with Crippen molar-refractivity contribution < 1.29 is 0 Å². The molecule has 0 amide bonds. The Morgan fingerprint density at radius 3 is 2.33 bits per heavy atom. The van der Waals surface area contributed by atoms with Crippen LogP contribution in [0.3, 0.4) is 0 Å². The highest BCUT2D eigenvalue weighted by atomic mass is 14.9. The number of benzene rings is 2. The van der Waals surface area contributed by atoms with Crippen LogP contribution in [-0.2, 0) is 0 Å². The van der Waals surface area contributed by atoms with Gasteiger partial charge in [-0.25, -0.2) is 0 Å². The zero-order valence-corrected chi connectivity index (χ0v) is 13.3. The van der Waals surface area contributed by atoms with Gasteiger partial charge in [-0.15, -0.1) is 0 Å². The molecule has 1 heteroatoms. The second-order valence-electron chi connectivity index (χ2n) is 6.43. The third-order valence-electron chi connectivity index (χ3n) is 4.87. The summed E-state index contributed by atoms with van der Waals surface area (Å²) >= 11 is 0. The highest BCUT2D eigenvalue weighted by Gasteiger charge is 2.29. The molecule has 1 N–H and O–H groups in total. The lowest BCUT2D eigenvalue weighted by Gasteiger charge is -2.35. The van der Waals surface area contributed by atoms with Crippen LogP contribution in [0.1, 0.15) is 46.1 Å². The summed E-state index contributed by atoms with van der Waals surface area (Å²) in [6.07, 6.45) is 1.23. The molecule has 0 bridgehead atoms. The number of hydrogen-bond acceptors (Lipinski definition) is 1. The SMILES string of the molecule is Cc1cccc(C2CNCCC2c2c(C)cccc2C)c1. The van der Waals surface area contributed by atoms with E-state index in [0.717, 1.165) is 13.1 Å². The molecule has 21 heavy (non-hydrogen) atoms. The van der Waals surface area contributed by atoms with E-state index in [2.05, 4.69) is 68.6 Å². The fraction of sp³-hybridized carbons (Fsp3) is 0.400. The van der Waals surface area contributed by atoms with Crippen LogP contribution in [0.2, 0.25) is 0 Å². The van der Waals surface area contributed by atoms with Gasteiger partial charge in [-0.2, -0.15) is 0 Å². The van der Waals surface area contributed by atoms with Crippen molar-refractivity contribution in [2.24, 2.45) is 0 Å². The minimum Gasteiger partial charge on any atom is -0.316 e. The quantitative estimate of drug-likeness (QED) is 0.855. The first kappa shape index (κ1) is 14.3. The van der Waals surface area contributed by atoms with E-state index in [4.69, 9.17) is 0 Å². The molecule has 0 radical (unpaired) electrons. The molecule has 1 aliphatic rings. The standard InChI is InChI=1S/C20H25N/c1-14-6-4-9-17(12-14)19-13-21-11-10-18(19)20-15(2)7-5-8-16(20)3/h4-9,12,18-19,21H,10-11,13H2,1-3H3. The maximum absolute atomic E-state index is 3.59. The van der Waals surface area contributed by atoms with Crippen LogP contribution in [0.25, 0.3) is 0 Å². The Morgan fingerprint density at radius 2 is 1.62 bits per heavy atom. The zero-order chi connectivity index (χ0) is 14.8. The molecule has 1 fully saturated rings. The minimum absolute atomic E-state index is 0.582. The average Bonchev–Trinajstić information content (AvgIpc) is 2.47. The fourth-order valence-corrected chi connectivity index (χ4v) is 3.87. The Bertz CT molecular complexity index is 609. The lowest BCUT2D eigenvalue weighted by molar-refractivity contribution is 0.402. The largest absolute Gasteiger partial charge is 0.316 e. The summed E-state index contributed by atoms with van der Waals surface area (Å²) in [5, 5.41) is 3.59. The molecule has 0 aromatic heterocycles. The topological polar surface area (TPSA) is 12.0 Å². The molecule has 1 nitrogen and oxygen atoms in total. The van der Waals surface area contributed by atoms with E-state index >= 15 is 0 Å². The zero-order valence-electron chi connectivity index (χ0n) is 13.3. The predicted molar refractivity (Wildman–Crippen MR) is 90.1 cm³/mol. The van der Waals surface area contributed by atoms with Gasteiger partial charge >= 0.3 is 0 Å². The van der Waals surface area contributed by atoms with E-state index in [1.165, 1.54) is 28.7 Å². The summed E-state index contributed by atoms with van der Waals surface area (Å²) < 4.78 is 0. The minimum atomic E-state index is 0.582. The van der Waals surface area contributed by atoms with Gasteiger partial charge in [0.05, 0.1) is 0 Å². The second-order valence-corrected chi connectivity index (χ2v) is 6.43. The van der Waals surface area contributed by atoms with Gasteiger partial charge in [-0.05, 0) is 61.9 Å². The molecule has 0 saturated carbocycles. The van der Waals surface area contributed by atoms with Crippen LogP contribution in [0.15, 0.2) is 42.5 Å². The van der Waals surface area contributed by atoms with Gasteiger partial charge in [-0.1, -0.05) is 48.0 Å². The van der Waals surface area contributed by atoms with E-state index < -0.39 is 0 Å². The normalized spacial score (nSPS) is 22.2. The Kier molecular flexibility index (Phi) is 4.12.